The standard InChI is InChI=1S/C21H17BrN2O4S/c1-27-18-16(11-13-5-3-4-6-15(13)17(18)22)19(25)24-21(29)23-14-9-7-12(8-10-14)20(26)28-2/h3-11H,1-2H3,(H2,23,24,25,29). The van der Waals surface area contributed by atoms with Crippen LogP contribution in [0.5, 0.6) is 5.75 Å². The van der Waals surface area contributed by atoms with E-state index in [1.165, 1.54) is 14.2 Å². The first kappa shape index (κ1) is 20.8. The molecule has 0 spiro atoms. The number of benzene rings is 3. The van der Waals surface area contributed by atoms with Crippen molar-refractivity contribution in [1.29, 1.82) is 0 Å². The molecule has 148 valence electrons. The van der Waals surface area contributed by atoms with Gasteiger partial charge in [0.2, 0.25) is 0 Å². The lowest BCUT2D eigenvalue weighted by Crippen LogP contribution is -2.34. The number of hydrogen-bond donors (Lipinski definition) is 2. The minimum Gasteiger partial charge on any atom is -0.495 e. The van der Waals surface area contributed by atoms with E-state index in [0.29, 0.717) is 27.0 Å². The first-order chi connectivity index (χ1) is 13.9. The summed E-state index contributed by atoms with van der Waals surface area (Å²) in [5.74, 6) is -0.412. The lowest BCUT2D eigenvalue weighted by molar-refractivity contribution is 0.0600. The van der Waals surface area contributed by atoms with Crippen molar-refractivity contribution in [2.24, 2.45) is 0 Å². The molecule has 8 heteroatoms. The van der Waals surface area contributed by atoms with Crippen LogP contribution in [0.25, 0.3) is 10.8 Å². The molecule has 2 N–H and O–H groups in total. The van der Waals surface area contributed by atoms with Crippen molar-refractivity contribution in [3.8, 4) is 5.75 Å². The Morgan fingerprint density at radius 3 is 2.38 bits per heavy atom. The molecule has 0 fully saturated rings. The molecule has 0 heterocycles. The summed E-state index contributed by atoms with van der Waals surface area (Å²) in [6, 6.07) is 15.9. The quantitative estimate of drug-likeness (QED) is 0.429. The Hall–Kier alpha value is -2.97. The number of ether oxygens (including phenoxy) is 2. The zero-order valence-corrected chi connectivity index (χ0v) is 18.0. The molecule has 3 rings (SSSR count). The third kappa shape index (κ3) is 4.55. The molecule has 0 aliphatic carbocycles. The third-order valence-electron chi connectivity index (χ3n) is 4.18. The van der Waals surface area contributed by atoms with Gasteiger partial charge in [0.25, 0.3) is 5.91 Å². The SMILES string of the molecule is COC(=O)c1ccc(NC(=S)NC(=O)c2cc3ccccc3c(Br)c2OC)cc1. The summed E-state index contributed by atoms with van der Waals surface area (Å²) in [6.07, 6.45) is 0. The van der Waals surface area contributed by atoms with Crippen LogP contribution in [0.2, 0.25) is 0 Å². The Labute approximate surface area is 181 Å². The summed E-state index contributed by atoms with van der Waals surface area (Å²) >= 11 is 8.75. The van der Waals surface area contributed by atoms with E-state index in [4.69, 9.17) is 17.0 Å². The number of anilines is 1. The normalized spacial score (nSPS) is 10.3. The molecule has 0 aromatic heterocycles. The summed E-state index contributed by atoms with van der Waals surface area (Å²) in [5, 5.41) is 7.51. The topological polar surface area (TPSA) is 76.7 Å². The number of thiocarbonyl (C=S) groups is 1. The molecule has 29 heavy (non-hydrogen) atoms. The molecule has 0 saturated carbocycles. The summed E-state index contributed by atoms with van der Waals surface area (Å²) in [5.41, 5.74) is 1.39. The number of halogens is 1. The van der Waals surface area contributed by atoms with Crippen LogP contribution in [0, 0.1) is 0 Å². The van der Waals surface area contributed by atoms with Crippen LogP contribution in [0.15, 0.2) is 59.1 Å². The second-order valence-corrected chi connectivity index (χ2v) is 7.17. The Balaban J connectivity index is 1.77. The van der Waals surface area contributed by atoms with Crippen LogP contribution in [0.4, 0.5) is 5.69 Å². The predicted octanol–water partition coefficient (Wildman–Crippen LogP) is 4.52. The number of carbonyl (C=O) groups is 2. The number of rotatable bonds is 4. The third-order valence-corrected chi connectivity index (χ3v) is 5.17. The molecular formula is C21H17BrN2O4S. The number of hydrogen-bond acceptors (Lipinski definition) is 5. The van der Waals surface area contributed by atoms with Gasteiger partial charge >= 0.3 is 5.97 Å². The van der Waals surface area contributed by atoms with Gasteiger partial charge in [0, 0.05) is 5.69 Å². The van der Waals surface area contributed by atoms with E-state index in [1.54, 1.807) is 30.3 Å². The fraction of sp³-hybridized carbons (Fsp3) is 0.0952. The maximum Gasteiger partial charge on any atom is 0.337 e. The van der Waals surface area contributed by atoms with E-state index in [1.807, 2.05) is 24.3 Å². The highest BCUT2D eigenvalue weighted by Gasteiger charge is 2.19. The Bertz CT molecular complexity index is 1100. The number of amides is 1. The molecule has 3 aromatic rings. The molecule has 6 nitrogen and oxygen atoms in total. The molecular weight excluding hydrogens is 456 g/mol. The molecule has 1 amide bonds. The lowest BCUT2D eigenvalue weighted by Gasteiger charge is -2.14. The van der Waals surface area contributed by atoms with Crippen molar-refractivity contribution < 1.29 is 19.1 Å². The van der Waals surface area contributed by atoms with Crippen LogP contribution in [0.1, 0.15) is 20.7 Å². The molecule has 0 saturated heterocycles. The summed E-state index contributed by atoms with van der Waals surface area (Å²) in [6.45, 7) is 0. The van der Waals surface area contributed by atoms with Gasteiger partial charge in [0.1, 0.15) is 5.75 Å². The molecule has 0 atom stereocenters. The Kier molecular flexibility index (Phi) is 6.46. The Morgan fingerprint density at radius 2 is 1.72 bits per heavy atom. The molecule has 0 radical (unpaired) electrons. The fourth-order valence-electron chi connectivity index (χ4n) is 2.79. The summed E-state index contributed by atoms with van der Waals surface area (Å²) < 4.78 is 10.8. The summed E-state index contributed by atoms with van der Waals surface area (Å²) in [7, 11) is 2.82. The molecule has 0 unspecified atom stereocenters. The van der Waals surface area contributed by atoms with Gasteiger partial charge in [-0.25, -0.2) is 4.79 Å². The predicted molar refractivity (Wildman–Crippen MR) is 120 cm³/mol. The fourth-order valence-corrected chi connectivity index (χ4v) is 3.74. The zero-order valence-electron chi connectivity index (χ0n) is 15.6. The van der Waals surface area contributed by atoms with Crippen LogP contribution in [-0.2, 0) is 4.74 Å². The van der Waals surface area contributed by atoms with Crippen LogP contribution in [-0.4, -0.2) is 31.2 Å². The maximum absolute atomic E-state index is 12.8. The first-order valence-electron chi connectivity index (χ1n) is 8.50. The van der Waals surface area contributed by atoms with E-state index >= 15 is 0 Å². The average molecular weight is 473 g/mol. The van der Waals surface area contributed by atoms with Crippen LogP contribution >= 0.6 is 28.1 Å². The van der Waals surface area contributed by atoms with E-state index in [9.17, 15) is 9.59 Å². The first-order valence-corrected chi connectivity index (χ1v) is 9.70. The van der Waals surface area contributed by atoms with Gasteiger partial charge in [-0.3, -0.25) is 10.1 Å². The van der Waals surface area contributed by atoms with Crippen molar-refractivity contribution in [1.82, 2.24) is 5.32 Å². The smallest absolute Gasteiger partial charge is 0.337 e. The largest absolute Gasteiger partial charge is 0.495 e. The molecule has 0 aliphatic rings. The maximum atomic E-state index is 12.8. The molecule has 3 aromatic carbocycles. The van der Waals surface area contributed by atoms with E-state index in [0.717, 1.165) is 10.8 Å². The molecule has 0 aliphatic heterocycles. The van der Waals surface area contributed by atoms with E-state index in [2.05, 4.69) is 31.3 Å². The second kappa shape index (κ2) is 9.02. The summed E-state index contributed by atoms with van der Waals surface area (Å²) in [4.78, 5) is 24.3. The van der Waals surface area contributed by atoms with Gasteiger partial charge < -0.3 is 14.8 Å². The minimum absolute atomic E-state index is 0.118. The molecule has 0 bridgehead atoms. The monoisotopic (exact) mass is 472 g/mol. The number of methoxy groups -OCH3 is 2. The van der Waals surface area contributed by atoms with Crippen LogP contribution < -0.4 is 15.4 Å². The van der Waals surface area contributed by atoms with Gasteiger partial charge in [-0.05, 0) is 69.3 Å². The van der Waals surface area contributed by atoms with Crippen molar-refractivity contribution >= 4 is 61.6 Å². The number of nitrogens with one attached hydrogen (secondary N) is 2. The average Bonchev–Trinajstić information content (AvgIpc) is 2.73. The highest BCUT2D eigenvalue weighted by atomic mass is 79.9. The van der Waals surface area contributed by atoms with Crippen molar-refractivity contribution in [3.63, 3.8) is 0 Å². The van der Waals surface area contributed by atoms with Crippen molar-refractivity contribution in [2.75, 3.05) is 19.5 Å². The highest BCUT2D eigenvalue weighted by molar-refractivity contribution is 9.10. The van der Waals surface area contributed by atoms with Crippen LogP contribution in [0.3, 0.4) is 0 Å². The van der Waals surface area contributed by atoms with Gasteiger partial charge in [0.05, 0.1) is 29.8 Å². The van der Waals surface area contributed by atoms with Gasteiger partial charge in [-0.15, -0.1) is 0 Å². The number of esters is 1. The minimum atomic E-state index is -0.429. The van der Waals surface area contributed by atoms with E-state index in [-0.39, 0.29) is 5.11 Å². The zero-order chi connectivity index (χ0) is 21.0. The van der Waals surface area contributed by atoms with Crippen molar-refractivity contribution in [3.05, 3.63) is 70.2 Å². The number of carbonyl (C=O) groups excluding carboxylic acids is 2. The van der Waals surface area contributed by atoms with Gasteiger partial charge in [0.15, 0.2) is 5.11 Å². The van der Waals surface area contributed by atoms with Gasteiger partial charge in [-0.1, -0.05) is 24.3 Å². The highest BCUT2D eigenvalue weighted by Crippen LogP contribution is 2.36. The Morgan fingerprint density at radius 1 is 1.03 bits per heavy atom. The van der Waals surface area contributed by atoms with E-state index < -0.39 is 11.9 Å². The van der Waals surface area contributed by atoms with Crippen molar-refractivity contribution in [2.45, 2.75) is 0 Å². The second-order valence-electron chi connectivity index (χ2n) is 5.97. The lowest BCUT2D eigenvalue weighted by atomic mass is 10.1. The van der Waals surface area contributed by atoms with Gasteiger partial charge in [-0.2, -0.15) is 0 Å². The number of fused-ring (bicyclic) bond motifs is 1.